The van der Waals surface area contributed by atoms with Gasteiger partial charge in [0.2, 0.25) is 5.88 Å². The van der Waals surface area contributed by atoms with Crippen molar-refractivity contribution in [3.8, 4) is 17.1 Å². The summed E-state index contributed by atoms with van der Waals surface area (Å²) in [4.78, 5) is 16.2. The number of aromatic nitrogens is 7. The highest BCUT2D eigenvalue weighted by molar-refractivity contribution is 5.93. The van der Waals surface area contributed by atoms with Gasteiger partial charge in [-0.15, -0.1) is 5.10 Å². The average Bonchev–Trinajstić information content (AvgIpc) is 3.51. The summed E-state index contributed by atoms with van der Waals surface area (Å²) in [6.45, 7) is 2.67. The fourth-order valence-corrected chi connectivity index (χ4v) is 4.78. The van der Waals surface area contributed by atoms with Crippen molar-refractivity contribution >= 4 is 16.7 Å². The highest BCUT2D eigenvalue weighted by atomic mass is 16.5. The molecule has 0 amide bonds. The zero-order chi connectivity index (χ0) is 25.9. The first-order chi connectivity index (χ1) is 17.9. The smallest absolute Gasteiger partial charge is 0.266 e. The Kier molecular flexibility index (Phi) is 7.19. The maximum Gasteiger partial charge on any atom is 0.266 e. The van der Waals surface area contributed by atoms with Crippen LogP contribution in [-0.2, 0) is 13.6 Å². The Bertz CT molecular complexity index is 1420. The van der Waals surface area contributed by atoms with Crippen LogP contribution in [0.4, 0.5) is 5.82 Å². The van der Waals surface area contributed by atoms with Gasteiger partial charge in [0.25, 0.3) is 5.56 Å². The molecule has 4 heterocycles. The van der Waals surface area contributed by atoms with Crippen LogP contribution in [-0.4, -0.2) is 69.9 Å². The van der Waals surface area contributed by atoms with Gasteiger partial charge in [0.15, 0.2) is 0 Å². The molecule has 1 aliphatic carbocycles. The Labute approximate surface area is 213 Å². The first-order valence-corrected chi connectivity index (χ1v) is 12.6. The number of hydrogen-bond donors (Lipinski definition) is 3. The molecule has 4 aromatic heterocycles. The van der Waals surface area contributed by atoms with E-state index in [4.69, 9.17) is 14.9 Å². The summed E-state index contributed by atoms with van der Waals surface area (Å²) in [6.07, 6.45) is 7.99. The number of ether oxygens (including phenoxy) is 1. The van der Waals surface area contributed by atoms with Crippen molar-refractivity contribution in [2.75, 3.05) is 18.5 Å². The van der Waals surface area contributed by atoms with E-state index >= 15 is 0 Å². The maximum atomic E-state index is 11.6. The maximum absolute atomic E-state index is 11.6. The molecular weight excluding hydrogens is 476 g/mol. The van der Waals surface area contributed by atoms with Crippen molar-refractivity contribution < 1.29 is 14.9 Å². The van der Waals surface area contributed by atoms with Crippen molar-refractivity contribution in [3.05, 3.63) is 47.1 Å². The highest BCUT2D eigenvalue weighted by Gasteiger charge is 2.27. The molecule has 1 fully saturated rings. The lowest BCUT2D eigenvalue weighted by Gasteiger charge is -2.29. The van der Waals surface area contributed by atoms with E-state index < -0.39 is 6.10 Å². The van der Waals surface area contributed by atoms with Crippen LogP contribution >= 0.6 is 0 Å². The van der Waals surface area contributed by atoms with Crippen molar-refractivity contribution in [1.82, 2.24) is 34.3 Å². The van der Waals surface area contributed by atoms with E-state index in [1.807, 2.05) is 25.4 Å². The summed E-state index contributed by atoms with van der Waals surface area (Å²) in [7, 11) is 1.61. The predicted octanol–water partition coefficient (Wildman–Crippen LogP) is 1.74. The summed E-state index contributed by atoms with van der Waals surface area (Å²) in [5.74, 6) is 1.25. The molecule has 1 atom stereocenters. The Balaban J connectivity index is 1.39. The summed E-state index contributed by atoms with van der Waals surface area (Å²) in [5.41, 5.74) is 2.43. The second-order valence-corrected chi connectivity index (χ2v) is 9.38. The Morgan fingerprint density at radius 3 is 2.73 bits per heavy atom. The normalized spacial score (nSPS) is 18.7. The van der Waals surface area contributed by atoms with Crippen molar-refractivity contribution in [3.63, 3.8) is 0 Å². The molecule has 3 N–H and O–H groups in total. The van der Waals surface area contributed by atoms with Gasteiger partial charge in [0.05, 0.1) is 37.0 Å². The molecule has 5 rings (SSSR count). The van der Waals surface area contributed by atoms with Crippen LogP contribution in [0.15, 0.2) is 41.6 Å². The fourth-order valence-electron chi connectivity index (χ4n) is 4.78. The van der Waals surface area contributed by atoms with Crippen molar-refractivity contribution in [1.29, 1.82) is 0 Å². The Morgan fingerprint density at radius 2 is 2.00 bits per heavy atom. The summed E-state index contributed by atoms with van der Waals surface area (Å²) < 4.78 is 11.0. The lowest BCUT2D eigenvalue weighted by Crippen LogP contribution is -2.27. The minimum absolute atomic E-state index is 0.0257. The van der Waals surface area contributed by atoms with Crippen molar-refractivity contribution in [2.24, 2.45) is 7.05 Å². The second-order valence-electron chi connectivity index (χ2n) is 9.38. The Hall–Kier alpha value is -3.77. The standard InChI is InChI=1S/C25H32N8O4/c1-3-26-22-10-21-20(12-27-22)25(16-11-28-32(13-16)14-18(35)15-34)30-33(21)17-4-6-19(7-5-17)37-23-8-9-24(36)31(2)29-23/h8-13,17-19,34-35H,3-7,14-15H2,1-2H3,(H,26,27)/t17-,18-,19+/m1/s1. The topological polar surface area (TPSA) is 145 Å². The molecule has 37 heavy (non-hydrogen) atoms. The third kappa shape index (κ3) is 5.35. The number of fused-ring (bicyclic) bond motifs is 1. The molecule has 0 unspecified atom stereocenters. The molecule has 4 aromatic rings. The minimum Gasteiger partial charge on any atom is -0.473 e. The van der Waals surface area contributed by atoms with E-state index in [-0.39, 0.29) is 30.9 Å². The van der Waals surface area contributed by atoms with E-state index in [9.17, 15) is 9.90 Å². The van der Waals surface area contributed by atoms with E-state index in [0.29, 0.717) is 5.88 Å². The number of nitrogens with zero attached hydrogens (tertiary/aromatic N) is 7. The van der Waals surface area contributed by atoms with Crippen LogP contribution in [0.5, 0.6) is 5.88 Å². The largest absolute Gasteiger partial charge is 0.473 e. The first-order valence-electron chi connectivity index (χ1n) is 12.6. The van der Waals surface area contributed by atoms with E-state index in [1.54, 1.807) is 24.0 Å². The summed E-state index contributed by atoms with van der Waals surface area (Å²) in [5, 5.41) is 36.7. The van der Waals surface area contributed by atoms with E-state index in [0.717, 1.165) is 60.2 Å². The number of pyridine rings is 1. The van der Waals surface area contributed by atoms with Gasteiger partial charge in [0.1, 0.15) is 17.6 Å². The molecule has 196 valence electrons. The van der Waals surface area contributed by atoms with Crippen LogP contribution in [0.2, 0.25) is 0 Å². The monoisotopic (exact) mass is 508 g/mol. The quantitative estimate of drug-likeness (QED) is 0.308. The number of aliphatic hydroxyl groups is 2. The lowest BCUT2D eigenvalue weighted by atomic mass is 9.93. The zero-order valence-electron chi connectivity index (χ0n) is 21.0. The predicted molar refractivity (Wildman–Crippen MR) is 137 cm³/mol. The van der Waals surface area contributed by atoms with Gasteiger partial charge in [-0.2, -0.15) is 10.2 Å². The molecule has 12 nitrogen and oxygen atoms in total. The van der Waals surface area contributed by atoms with Gasteiger partial charge in [-0.05, 0) is 32.6 Å². The van der Waals surface area contributed by atoms with E-state index in [2.05, 4.69) is 25.2 Å². The molecule has 0 aliphatic heterocycles. The van der Waals surface area contributed by atoms with Gasteiger partial charge in [0, 0.05) is 55.1 Å². The van der Waals surface area contributed by atoms with E-state index in [1.165, 1.54) is 10.7 Å². The number of rotatable bonds is 9. The second kappa shape index (κ2) is 10.7. The molecule has 0 radical (unpaired) electrons. The van der Waals surface area contributed by atoms with Crippen molar-refractivity contribution in [2.45, 2.75) is 57.4 Å². The molecule has 0 aromatic carbocycles. The van der Waals surface area contributed by atoms with Gasteiger partial charge < -0.3 is 20.3 Å². The summed E-state index contributed by atoms with van der Waals surface area (Å²) in [6, 6.07) is 5.31. The zero-order valence-corrected chi connectivity index (χ0v) is 21.0. The van der Waals surface area contributed by atoms with Gasteiger partial charge >= 0.3 is 0 Å². The molecule has 1 aliphatic rings. The molecule has 1 saturated carbocycles. The van der Waals surface area contributed by atoms with Gasteiger partial charge in [-0.25, -0.2) is 9.67 Å². The summed E-state index contributed by atoms with van der Waals surface area (Å²) >= 11 is 0. The fraction of sp³-hybridized carbons (Fsp3) is 0.480. The van der Waals surface area contributed by atoms with Crippen LogP contribution < -0.4 is 15.6 Å². The first kappa shape index (κ1) is 24.9. The molecule has 0 spiro atoms. The third-order valence-electron chi connectivity index (χ3n) is 6.68. The van der Waals surface area contributed by atoms with Crippen LogP contribution in [0, 0.1) is 0 Å². The SMILES string of the molecule is CCNc1cc2c(cn1)c(-c1cnn(C[C@@H](O)CO)c1)nn2[C@H]1CC[C@@H](Oc2ccc(=O)n(C)n2)CC1. The van der Waals surface area contributed by atoms with Crippen LogP contribution in [0.1, 0.15) is 38.6 Å². The molecular formula is C25H32N8O4. The third-order valence-corrected chi connectivity index (χ3v) is 6.68. The molecule has 0 saturated heterocycles. The lowest BCUT2D eigenvalue weighted by molar-refractivity contribution is 0.0783. The van der Waals surface area contributed by atoms with Crippen LogP contribution in [0.25, 0.3) is 22.2 Å². The molecule has 0 bridgehead atoms. The number of anilines is 1. The average molecular weight is 509 g/mol. The van der Waals surface area contributed by atoms with Crippen LogP contribution in [0.3, 0.4) is 0 Å². The number of hydrogen-bond acceptors (Lipinski definition) is 9. The number of aliphatic hydroxyl groups excluding tert-OH is 2. The van der Waals surface area contributed by atoms with Gasteiger partial charge in [-0.3, -0.25) is 14.2 Å². The van der Waals surface area contributed by atoms with Gasteiger partial charge in [-0.1, -0.05) is 0 Å². The Morgan fingerprint density at radius 1 is 1.19 bits per heavy atom. The number of aryl methyl sites for hydroxylation is 1. The highest BCUT2D eigenvalue weighted by Crippen LogP contribution is 2.36. The minimum atomic E-state index is -0.875. The molecule has 12 heteroatoms. The number of nitrogens with one attached hydrogen (secondary N) is 1.